The molecular formula is C14H12ClIN2O. The van der Waals surface area contributed by atoms with Crippen molar-refractivity contribution in [1.29, 1.82) is 0 Å². The zero-order valence-electron chi connectivity index (χ0n) is 10.2. The number of nitrogen functional groups attached to an aromatic ring is 1. The van der Waals surface area contributed by atoms with E-state index in [4.69, 9.17) is 17.3 Å². The molecule has 19 heavy (non-hydrogen) atoms. The summed E-state index contributed by atoms with van der Waals surface area (Å²) in [7, 11) is 0. The van der Waals surface area contributed by atoms with Gasteiger partial charge in [-0.3, -0.25) is 4.79 Å². The Labute approximate surface area is 130 Å². The van der Waals surface area contributed by atoms with Gasteiger partial charge < -0.3 is 11.1 Å². The van der Waals surface area contributed by atoms with Crippen molar-refractivity contribution in [2.45, 2.75) is 6.92 Å². The van der Waals surface area contributed by atoms with Gasteiger partial charge >= 0.3 is 0 Å². The minimum Gasteiger partial charge on any atom is -0.398 e. The maximum absolute atomic E-state index is 12.2. The second-order valence-corrected chi connectivity index (χ2v) is 5.71. The Hall–Kier alpha value is -1.27. The molecule has 0 saturated heterocycles. The third-order valence-corrected chi connectivity index (χ3v) is 3.88. The Kier molecular flexibility index (Phi) is 4.31. The average molecular weight is 387 g/mol. The number of para-hydroxylation sites is 1. The Balaban J connectivity index is 2.28. The topological polar surface area (TPSA) is 55.1 Å². The van der Waals surface area contributed by atoms with E-state index in [1.54, 1.807) is 24.3 Å². The zero-order valence-corrected chi connectivity index (χ0v) is 13.1. The molecule has 2 aromatic carbocycles. The number of anilines is 2. The van der Waals surface area contributed by atoms with Crippen LogP contribution in [0.1, 0.15) is 15.9 Å². The molecule has 0 aromatic heterocycles. The van der Waals surface area contributed by atoms with Crippen LogP contribution >= 0.6 is 34.2 Å². The van der Waals surface area contributed by atoms with Crippen LogP contribution in [-0.4, -0.2) is 5.91 Å². The van der Waals surface area contributed by atoms with Crippen LogP contribution in [0.15, 0.2) is 36.4 Å². The van der Waals surface area contributed by atoms with E-state index in [0.717, 1.165) is 14.8 Å². The normalized spacial score (nSPS) is 10.3. The molecule has 5 heteroatoms. The zero-order chi connectivity index (χ0) is 14.0. The lowest BCUT2D eigenvalue weighted by Gasteiger charge is -2.10. The highest BCUT2D eigenvalue weighted by atomic mass is 127. The molecule has 0 saturated carbocycles. The van der Waals surface area contributed by atoms with Crippen molar-refractivity contribution in [3.63, 3.8) is 0 Å². The van der Waals surface area contributed by atoms with Gasteiger partial charge in [-0.25, -0.2) is 0 Å². The first-order valence-electron chi connectivity index (χ1n) is 5.60. The summed E-state index contributed by atoms with van der Waals surface area (Å²) in [5.41, 5.74) is 8.50. The van der Waals surface area contributed by atoms with Gasteiger partial charge in [0.2, 0.25) is 0 Å². The number of carbonyl (C=O) groups excluding carboxylic acids is 1. The SMILES string of the molecule is Cc1cccc(C(=O)Nc2ccc(Cl)cc2I)c1N. The van der Waals surface area contributed by atoms with Gasteiger partial charge in [0.05, 0.1) is 11.3 Å². The third-order valence-electron chi connectivity index (χ3n) is 2.75. The molecule has 3 nitrogen and oxygen atoms in total. The Morgan fingerprint density at radius 1 is 1.32 bits per heavy atom. The predicted octanol–water partition coefficient (Wildman–Crippen LogP) is 4.09. The number of aryl methyl sites for hydroxylation is 1. The summed E-state index contributed by atoms with van der Waals surface area (Å²) in [6, 6.07) is 10.7. The lowest BCUT2D eigenvalue weighted by atomic mass is 10.1. The Morgan fingerprint density at radius 3 is 2.74 bits per heavy atom. The summed E-state index contributed by atoms with van der Waals surface area (Å²) in [5.74, 6) is -0.221. The molecule has 0 spiro atoms. The second-order valence-electron chi connectivity index (χ2n) is 4.11. The molecule has 0 aliphatic carbocycles. The monoisotopic (exact) mass is 386 g/mol. The van der Waals surface area contributed by atoms with Crippen LogP contribution in [0.25, 0.3) is 0 Å². The third kappa shape index (κ3) is 3.19. The van der Waals surface area contributed by atoms with Gasteiger partial charge in [0.25, 0.3) is 5.91 Å². The molecule has 0 atom stereocenters. The quantitative estimate of drug-likeness (QED) is 0.603. The van der Waals surface area contributed by atoms with E-state index in [9.17, 15) is 4.79 Å². The van der Waals surface area contributed by atoms with Crippen LogP contribution < -0.4 is 11.1 Å². The predicted molar refractivity (Wildman–Crippen MR) is 87.7 cm³/mol. The first-order chi connectivity index (χ1) is 8.99. The number of nitrogens with two attached hydrogens (primary N) is 1. The summed E-state index contributed by atoms with van der Waals surface area (Å²) in [4.78, 5) is 12.2. The molecular weight excluding hydrogens is 375 g/mol. The van der Waals surface area contributed by atoms with Crippen LogP contribution in [0.3, 0.4) is 0 Å². The smallest absolute Gasteiger partial charge is 0.257 e. The van der Waals surface area contributed by atoms with E-state index >= 15 is 0 Å². The molecule has 0 unspecified atom stereocenters. The van der Waals surface area contributed by atoms with Crippen LogP contribution in [0, 0.1) is 10.5 Å². The van der Waals surface area contributed by atoms with E-state index in [1.807, 2.05) is 19.1 Å². The number of rotatable bonds is 2. The van der Waals surface area contributed by atoms with Gasteiger partial charge in [0, 0.05) is 14.3 Å². The van der Waals surface area contributed by atoms with E-state index in [2.05, 4.69) is 27.9 Å². The lowest BCUT2D eigenvalue weighted by molar-refractivity contribution is 0.102. The summed E-state index contributed by atoms with van der Waals surface area (Å²) in [5, 5.41) is 3.47. The van der Waals surface area contributed by atoms with Gasteiger partial charge in [-0.1, -0.05) is 23.7 Å². The lowest BCUT2D eigenvalue weighted by Crippen LogP contribution is -2.15. The first-order valence-corrected chi connectivity index (χ1v) is 7.06. The fourth-order valence-corrected chi connectivity index (χ4v) is 2.67. The number of hydrogen-bond donors (Lipinski definition) is 2. The van der Waals surface area contributed by atoms with Gasteiger partial charge in [0.1, 0.15) is 0 Å². The minimum atomic E-state index is -0.221. The first kappa shape index (κ1) is 14.1. The standard InChI is InChI=1S/C14H12ClIN2O/c1-8-3-2-4-10(13(8)17)14(19)18-12-6-5-9(15)7-11(12)16/h2-7H,17H2,1H3,(H,18,19). The van der Waals surface area contributed by atoms with Gasteiger partial charge in [-0.2, -0.15) is 0 Å². The highest BCUT2D eigenvalue weighted by Crippen LogP contribution is 2.24. The maximum Gasteiger partial charge on any atom is 0.257 e. The van der Waals surface area contributed by atoms with Crippen molar-refractivity contribution < 1.29 is 4.79 Å². The number of hydrogen-bond acceptors (Lipinski definition) is 2. The van der Waals surface area contributed by atoms with Crippen LogP contribution in [-0.2, 0) is 0 Å². The van der Waals surface area contributed by atoms with E-state index in [0.29, 0.717) is 16.3 Å². The van der Waals surface area contributed by atoms with Crippen molar-refractivity contribution in [2.75, 3.05) is 11.1 Å². The minimum absolute atomic E-state index is 0.221. The summed E-state index contributed by atoms with van der Waals surface area (Å²) >= 11 is 8.00. The van der Waals surface area contributed by atoms with Crippen molar-refractivity contribution in [3.05, 3.63) is 56.1 Å². The van der Waals surface area contributed by atoms with E-state index in [1.165, 1.54) is 0 Å². The number of nitrogens with one attached hydrogen (secondary N) is 1. The number of amides is 1. The molecule has 2 rings (SSSR count). The highest BCUT2D eigenvalue weighted by Gasteiger charge is 2.12. The van der Waals surface area contributed by atoms with Gasteiger partial charge in [-0.15, -0.1) is 0 Å². The van der Waals surface area contributed by atoms with Crippen molar-refractivity contribution in [2.24, 2.45) is 0 Å². The van der Waals surface area contributed by atoms with Crippen molar-refractivity contribution in [3.8, 4) is 0 Å². The largest absolute Gasteiger partial charge is 0.398 e. The molecule has 0 radical (unpaired) electrons. The van der Waals surface area contributed by atoms with Crippen LogP contribution in [0.4, 0.5) is 11.4 Å². The fourth-order valence-electron chi connectivity index (χ4n) is 1.66. The van der Waals surface area contributed by atoms with E-state index < -0.39 is 0 Å². The highest BCUT2D eigenvalue weighted by molar-refractivity contribution is 14.1. The number of benzene rings is 2. The number of halogens is 2. The molecule has 0 aliphatic heterocycles. The summed E-state index contributed by atoms with van der Waals surface area (Å²) in [6.45, 7) is 1.87. The van der Waals surface area contributed by atoms with E-state index in [-0.39, 0.29) is 5.91 Å². The molecule has 0 fully saturated rings. The van der Waals surface area contributed by atoms with Gasteiger partial charge in [-0.05, 0) is 59.3 Å². The van der Waals surface area contributed by atoms with Crippen molar-refractivity contribution in [1.82, 2.24) is 0 Å². The van der Waals surface area contributed by atoms with Crippen LogP contribution in [0.5, 0.6) is 0 Å². The molecule has 2 aromatic rings. The summed E-state index contributed by atoms with van der Waals surface area (Å²) < 4.78 is 0.879. The fraction of sp³-hybridized carbons (Fsp3) is 0.0714. The number of carbonyl (C=O) groups is 1. The summed E-state index contributed by atoms with van der Waals surface area (Å²) in [6.07, 6.45) is 0. The molecule has 0 bridgehead atoms. The Bertz CT molecular complexity index is 643. The molecule has 1 amide bonds. The second kappa shape index (κ2) is 5.79. The molecule has 0 heterocycles. The average Bonchev–Trinajstić information content (AvgIpc) is 2.36. The molecule has 98 valence electrons. The Morgan fingerprint density at radius 2 is 2.05 bits per heavy atom. The molecule has 3 N–H and O–H groups in total. The van der Waals surface area contributed by atoms with Crippen LogP contribution in [0.2, 0.25) is 5.02 Å². The van der Waals surface area contributed by atoms with Gasteiger partial charge in [0.15, 0.2) is 0 Å². The maximum atomic E-state index is 12.2. The van der Waals surface area contributed by atoms with Crippen molar-refractivity contribution >= 4 is 51.5 Å². The molecule has 0 aliphatic rings.